The van der Waals surface area contributed by atoms with Gasteiger partial charge in [0.15, 0.2) is 6.29 Å². The highest BCUT2D eigenvalue weighted by Gasteiger charge is 2.35. The standard InChI is InChI=1S/C19H14F2N2O3S/c20-14-5-6-16(17(21)8-14)19-18(12-3-4-12)13(11-24)10-23(19)27(25,26)15-2-1-7-22-9-15/h1-2,5-12H,3-4H2. The summed E-state index contributed by atoms with van der Waals surface area (Å²) in [7, 11) is -4.13. The van der Waals surface area contributed by atoms with Gasteiger partial charge in [-0.3, -0.25) is 9.78 Å². The van der Waals surface area contributed by atoms with Crippen molar-refractivity contribution in [2.24, 2.45) is 0 Å². The second kappa shape index (κ2) is 6.38. The highest BCUT2D eigenvalue weighted by molar-refractivity contribution is 7.90. The van der Waals surface area contributed by atoms with E-state index in [1.165, 1.54) is 36.8 Å². The summed E-state index contributed by atoms with van der Waals surface area (Å²) >= 11 is 0. The molecule has 0 amide bonds. The smallest absolute Gasteiger partial charge is 0.269 e. The van der Waals surface area contributed by atoms with Crippen molar-refractivity contribution >= 4 is 16.3 Å². The van der Waals surface area contributed by atoms with Gasteiger partial charge in [-0.1, -0.05) is 0 Å². The van der Waals surface area contributed by atoms with Crippen LogP contribution in [0.3, 0.4) is 0 Å². The predicted octanol–water partition coefficient (Wildman–Crippen LogP) is 3.76. The Hall–Kier alpha value is -2.87. The van der Waals surface area contributed by atoms with E-state index in [2.05, 4.69) is 4.98 Å². The van der Waals surface area contributed by atoms with Gasteiger partial charge in [-0.2, -0.15) is 0 Å². The van der Waals surface area contributed by atoms with Crippen molar-refractivity contribution in [2.75, 3.05) is 0 Å². The average Bonchev–Trinajstić information content (AvgIpc) is 3.42. The van der Waals surface area contributed by atoms with Crippen LogP contribution in [0.5, 0.6) is 0 Å². The fourth-order valence-electron chi connectivity index (χ4n) is 3.16. The fourth-order valence-corrected chi connectivity index (χ4v) is 4.52. The topological polar surface area (TPSA) is 69.0 Å². The van der Waals surface area contributed by atoms with Crippen molar-refractivity contribution < 1.29 is 22.0 Å². The summed E-state index contributed by atoms with van der Waals surface area (Å²) in [6, 6.07) is 5.78. The van der Waals surface area contributed by atoms with Gasteiger partial charge >= 0.3 is 0 Å². The van der Waals surface area contributed by atoms with Gasteiger partial charge in [0.25, 0.3) is 10.0 Å². The molecular formula is C19H14F2N2O3S. The Morgan fingerprint density at radius 3 is 2.56 bits per heavy atom. The first-order chi connectivity index (χ1) is 12.9. The molecule has 0 saturated heterocycles. The van der Waals surface area contributed by atoms with E-state index >= 15 is 0 Å². The van der Waals surface area contributed by atoms with Crippen LogP contribution in [0, 0.1) is 11.6 Å². The van der Waals surface area contributed by atoms with Gasteiger partial charge < -0.3 is 0 Å². The molecule has 1 aromatic carbocycles. The summed E-state index contributed by atoms with van der Waals surface area (Å²) in [4.78, 5) is 15.3. The van der Waals surface area contributed by atoms with Crippen molar-refractivity contribution in [3.8, 4) is 11.3 Å². The highest BCUT2D eigenvalue weighted by Crippen LogP contribution is 2.47. The lowest BCUT2D eigenvalue weighted by atomic mass is 10.0. The van der Waals surface area contributed by atoms with Crippen molar-refractivity contribution in [3.63, 3.8) is 0 Å². The molecule has 27 heavy (non-hydrogen) atoms. The molecule has 0 spiro atoms. The van der Waals surface area contributed by atoms with Crippen LogP contribution < -0.4 is 0 Å². The summed E-state index contributed by atoms with van der Waals surface area (Å²) in [5.74, 6) is -1.70. The van der Waals surface area contributed by atoms with Crippen LogP contribution in [-0.2, 0) is 10.0 Å². The quantitative estimate of drug-likeness (QED) is 0.624. The molecule has 138 valence electrons. The monoisotopic (exact) mass is 388 g/mol. The number of aromatic nitrogens is 2. The van der Waals surface area contributed by atoms with Crippen molar-refractivity contribution in [2.45, 2.75) is 23.7 Å². The molecule has 1 fully saturated rings. The first kappa shape index (κ1) is 17.5. The lowest BCUT2D eigenvalue weighted by Crippen LogP contribution is -2.14. The van der Waals surface area contributed by atoms with Gasteiger partial charge in [0.1, 0.15) is 16.5 Å². The van der Waals surface area contributed by atoms with Gasteiger partial charge in [0.2, 0.25) is 0 Å². The van der Waals surface area contributed by atoms with Gasteiger partial charge in [-0.15, -0.1) is 0 Å². The molecule has 2 aromatic heterocycles. The Kier molecular flexibility index (Phi) is 4.15. The maximum atomic E-state index is 14.5. The second-order valence-electron chi connectivity index (χ2n) is 6.35. The largest absolute Gasteiger partial charge is 0.298 e. The summed E-state index contributed by atoms with van der Waals surface area (Å²) in [5.41, 5.74) is 0.645. The first-order valence-electron chi connectivity index (χ1n) is 8.25. The second-order valence-corrected chi connectivity index (χ2v) is 8.17. The number of carbonyl (C=O) groups excluding carboxylic acids is 1. The summed E-state index contributed by atoms with van der Waals surface area (Å²) in [6.45, 7) is 0. The molecule has 0 bridgehead atoms. The Morgan fingerprint density at radius 1 is 1.19 bits per heavy atom. The number of rotatable bonds is 5. The number of nitrogens with zero attached hydrogens (tertiary/aromatic N) is 2. The lowest BCUT2D eigenvalue weighted by molar-refractivity contribution is 0.112. The molecule has 1 aliphatic rings. The van der Waals surface area contributed by atoms with Crippen LogP contribution in [0.15, 0.2) is 53.8 Å². The van der Waals surface area contributed by atoms with Crippen molar-refractivity contribution in [3.05, 3.63) is 71.7 Å². The molecule has 0 aliphatic heterocycles. The summed E-state index contributed by atoms with van der Waals surface area (Å²) in [5, 5.41) is 0. The van der Waals surface area contributed by atoms with E-state index in [-0.39, 0.29) is 27.6 Å². The van der Waals surface area contributed by atoms with E-state index < -0.39 is 21.7 Å². The van der Waals surface area contributed by atoms with E-state index in [1.54, 1.807) is 0 Å². The van der Waals surface area contributed by atoms with Crippen molar-refractivity contribution in [1.29, 1.82) is 0 Å². The normalized spacial score (nSPS) is 14.3. The van der Waals surface area contributed by atoms with Gasteiger partial charge in [-0.25, -0.2) is 21.2 Å². The molecule has 0 radical (unpaired) electrons. The van der Waals surface area contributed by atoms with Gasteiger partial charge in [0, 0.05) is 35.8 Å². The Balaban J connectivity index is 2.04. The number of carbonyl (C=O) groups is 1. The zero-order valence-corrected chi connectivity index (χ0v) is 14.8. The molecule has 0 N–H and O–H groups in total. The fraction of sp³-hybridized carbons (Fsp3) is 0.158. The summed E-state index contributed by atoms with van der Waals surface area (Å²) < 4.78 is 55.1. The Labute approximate surface area is 154 Å². The molecule has 0 atom stereocenters. The van der Waals surface area contributed by atoms with Crippen LogP contribution in [-0.4, -0.2) is 23.7 Å². The molecule has 8 heteroatoms. The molecule has 4 rings (SSSR count). The molecule has 3 aromatic rings. The number of benzene rings is 1. The molecule has 2 heterocycles. The van der Waals surface area contributed by atoms with Crippen LogP contribution in [0.1, 0.15) is 34.7 Å². The Bertz CT molecular complexity index is 1140. The minimum Gasteiger partial charge on any atom is -0.298 e. The van der Waals surface area contributed by atoms with E-state index in [4.69, 9.17) is 0 Å². The van der Waals surface area contributed by atoms with Crippen LogP contribution in [0.25, 0.3) is 11.3 Å². The highest BCUT2D eigenvalue weighted by atomic mass is 32.2. The maximum absolute atomic E-state index is 14.5. The number of halogens is 2. The third-order valence-corrected chi connectivity index (χ3v) is 6.18. The summed E-state index contributed by atoms with van der Waals surface area (Å²) in [6.07, 6.45) is 5.91. The van der Waals surface area contributed by atoms with Crippen LogP contribution in [0.4, 0.5) is 8.78 Å². The zero-order chi connectivity index (χ0) is 19.2. The van der Waals surface area contributed by atoms with Crippen molar-refractivity contribution in [1.82, 2.24) is 8.96 Å². The minimum absolute atomic E-state index is 0.0324. The number of pyridine rings is 1. The van der Waals surface area contributed by atoms with E-state index in [1.807, 2.05) is 0 Å². The third-order valence-electron chi connectivity index (χ3n) is 4.53. The van der Waals surface area contributed by atoms with Crippen LogP contribution >= 0.6 is 0 Å². The van der Waals surface area contributed by atoms with Gasteiger partial charge in [-0.05, 0) is 48.6 Å². The van der Waals surface area contributed by atoms with E-state index in [0.717, 1.165) is 22.9 Å². The number of hydrogen-bond donors (Lipinski definition) is 0. The van der Waals surface area contributed by atoms with Crippen LogP contribution in [0.2, 0.25) is 0 Å². The molecule has 1 saturated carbocycles. The Morgan fingerprint density at radius 2 is 1.96 bits per heavy atom. The molecule has 5 nitrogen and oxygen atoms in total. The first-order valence-corrected chi connectivity index (χ1v) is 9.69. The van der Waals surface area contributed by atoms with E-state index in [9.17, 15) is 22.0 Å². The molecule has 1 aliphatic carbocycles. The maximum Gasteiger partial charge on any atom is 0.269 e. The minimum atomic E-state index is -4.13. The zero-order valence-electron chi connectivity index (χ0n) is 14.0. The SMILES string of the molecule is O=Cc1cn(S(=O)(=O)c2cccnc2)c(-c2ccc(F)cc2F)c1C1CC1. The lowest BCUT2D eigenvalue weighted by Gasteiger charge is -2.13. The third kappa shape index (κ3) is 2.95. The number of aldehydes is 1. The van der Waals surface area contributed by atoms with E-state index in [0.29, 0.717) is 17.9 Å². The van der Waals surface area contributed by atoms with Gasteiger partial charge in [0.05, 0.1) is 5.69 Å². The predicted molar refractivity (Wildman–Crippen MR) is 94.0 cm³/mol. The molecular weight excluding hydrogens is 374 g/mol. The number of hydrogen-bond acceptors (Lipinski definition) is 4. The molecule has 0 unspecified atom stereocenters. The average molecular weight is 388 g/mol.